The molecular weight excluding hydrogens is 164 g/mol. The summed E-state index contributed by atoms with van der Waals surface area (Å²) in [5.74, 6) is 0.624. The van der Waals surface area contributed by atoms with E-state index < -0.39 is 0 Å². The van der Waals surface area contributed by atoms with Crippen LogP contribution < -0.4 is 5.73 Å². The Morgan fingerprint density at radius 3 is 2.38 bits per heavy atom. The molecule has 0 radical (unpaired) electrons. The molecule has 0 aromatic heterocycles. The van der Waals surface area contributed by atoms with E-state index in [-0.39, 0.29) is 6.04 Å². The number of nitrogens with zero attached hydrogens (tertiary/aromatic N) is 1. The van der Waals surface area contributed by atoms with Crippen LogP contribution in [0.25, 0.3) is 0 Å². The normalized spacial score (nSPS) is 14.1. The Hall–Kier alpha value is -0.120. The maximum absolute atomic E-state index is 5.66. The summed E-state index contributed by atoms with van der Waals surface area (Å²) in [5.41, 5.74) is 5.66. The Kier molecular flexibility index (Phi) is 7.23. The van der Waals surface area contributed by atoms with Crippen molar-refractivity contribution in [3.05, 3.63) is 0 Å². The first-order valence-electron chi connectivity index (χ1n) is 5.04. The van der Waals surface area contributed by atoms with Crippen LogP contribution in [-0.4, -0.2) is 44.3 Å². The van der Waals surface area contributed by atoms with Crippen molar-refractivity contribution in [2.45, 2.75) is 26.8 Å². The molecule has 0 aliphatic heterocycles. The van der Waals surface area contributed by atoms with Crippen molar-refractivity contribution in [3.8, 4) is 0 Å². The predicted octanol–water partition coefficient (Wildman–Crippen LogP) is 0.938. The standard InChI is InChI=1S/C10H24N2O/c1-9(2)8-13-6-5-12(4)7-10(3)11/h9-10H,5-8,11H2,1-4H3. The highest BCUT2D eigenvalue weighted by Crippen LogP contribution is 1.93. The summed E-state index contributed by atoms with van der Waals surface area (Å²) >= 11 is 0. The van der Waals surface area contributed by atoms with E-state index in [1.807, 2.05) is 6.92 Å². The SMILES string of the molecule is CC(C)COCCN(C)CC(C)N. The third-order valence-electron chi connectivity index (χ3n) is 1.67. The Balaban J connectivity index is 3.22. The number of hydrogen-bond donors (Lipinski definition) is 1. The summed E-state index contributed by atoms with van der Waals surface area (Å²) in [6.45, 7) is 9.90. The van der Waals surface area contributed by atoms with Gasteiger partial charge in [0.2, 0.25) is 0 Å². The Labute approximate surface area is 82.2 Å². The van der Waals surface area contributed by atoms with Crippen LogP contribution >= 0.6 is 0 Å². The van der Waals surface area contributed by atoms with Crippen LogP contribution in [-0.2, 0) is 4.74 Å². The maximum Gasteiger partial charge on any atom is 0.0593 e. The molecule has 2 N–H and O–H groups in total. The van der Waals surface area contributed by atoms with E-state index in [1.54, 1.807) is 0 Å². The largest absolute Gasteiger partial charge is 0.380 e. The molecule has 0 heterocycles. The average Bonchev–Trinajstić information content (AvgIpc) is 1.96. The zero-order valence-corrected chi connectivity index (χ0v) is 9.42. The minimum Gasteiger partial charge on any atom is -0.380 e. The molecule has 0 rings (SSSR count). The third-order valence-corrected chi connectivity index (χ3v) is 1.67. The van der Waals surface area contributed by atoms with Crippen molar-refractivity contribution in [2.75, 3.05) is 33.4 Å². The summed E-state index contributed by atoms with van der Waals surface area (Å²) in [4.78, 5) is 2.20. The minimum atomic E-state index is 0.245. The van der Waals surface area contributed by atoms with Gasteiger partial charge in [0.1, 0.15) is 0 Å². The van der Waals surface area contributed by atoms with Crippen LogP contribution in [0, 0.1) is 5.92 Å². The second kappa shape index (κ2) is 7.30. The maximum atomic E-state index is 5.66. The average molecular weight is 188 g/mol. The first-order chi connectivity index (χ1) is 6.02. The van der Waals surface area contributed by atoms with Gasteiger partial charge in [0.15, 0.2) is 0 Å². The fourth-order valence-corrected chi connectivity index (χ4v) is 1.12. The molecule has 0 amide bonds. The lowest BCUT2D eigenvalue weighted by Crippen LogP contribution is -2.34. The molecule has 0 fully saturated rings. The fraction of sp³-hybridized carbons (Fsp3) is 1.00. The number of rotatable bonds is 7. The van der Waals surface area contributed by atoms with Gasteiger partial charge in [-0.05, 0) is 19.9 Å². The van der Waals surface area contributed by atoms with Gasteiger partial charge in [0, 0.05) is 25.7 Å². The van der Waals surface area contributed by atoms with Gasteiger partial charge in [-0.3, -0.25) is 0 Å². The number of hydrogen-bond acceptors (Lipinski definition) is 3. The second-order valence-electron chi connectivity index (χ2n) is 4.21. The van der Waals surface area contributed by atoms with Crippen LogP contribution in [0.3, 0.4) is 0 Å². The highest BCUT2D eigenvalue weighted by atomic mass is 16.5. The molecular formula is C10H24N2O. The van der Waals surface area contributed by atoms with E-state index in [0.29, 0.717) is 5.92 Å². The summed E-state index contributed by atoms with van der Waals surface area (Å²) in [6, 6.07) is 0.245. The Bertz CT molecular complexity index is 115. The van der Waals surface area contributed by atoms with Gasteiger partial charge in [0.05, 0.1) is 6.61 Å². The van der Waals surface area contributed by atoms with Gasteiger partial charge in [0.25, 0.3) is 0 Å². The molecule has 80 valence electrons. The van der Waals surface area contributed by atoms with Gasteiger partial charge in [-0.1, -0.05) is 13.8 Å². The second-order valence-corrected chi connectivity index (χ2v) is 4.21. The molecule has 13 heavy (non-hydrogen) atoms. The Morgan fingerprint density at radius 1 is 1.31 bits per heavy atom. The van der Waals surface area contributed by atoms with Gasteiger partial charge < -0.3 is 15.4 Å². The molecule has 3 heteroatoms. The van der Waals surface area contributed by atoms with Crippen LogP contribution in [0.1, 0.15) is 20.8 Å². The molecule has 0 aromatic rings. The molecule has 0 aromatic carbocycles. The van der Waals surface area contributed by atoms with Gasteiger partial charge >= 0.3 is 0 Å². The summed E-state index contributed by atoms with van der Waals surface area (Å²) in [6.07, 6.45) is 0. The van der Waals surface area contributed by atoms with Crippen LogP contribution in [0.15, 0.2) is 0 Å². The summed E-state index contributed by atoms with van der Waals surface area (Å²) < 4.78 is 5.46. The molecule has 3 nitrogen and oxygen atoms in total. The first kappa shape index (κ1) is 12.9. The smallest absolute Gasteiger partial charge is 0.0593 e. The highest BCUT2D eigenvalue weighted by molar-refractivity contribution is 4.59. The summed E-state index contributed by atoms with van der Waals surface area (Å²) in [5, 5.41) is 0. The van der Waals surface area contributed by atoms with Crippen molar-refractivity contribution in [1.29, 1.82) is 0 Å². The molecule has 0 aliphatic rings. The first-order valence-corrected chi connectivity index (χ1v) is 5.04. The van der Waals surface area contributed by atoms with Crippen molar-refractivity contribution < 1.29 is 4.74 Å². The third kappa shape index (κ3) is 9.80. The van der Waals surface area contributed by atoms with E-state index in [1.165, 1.54) is 0 Å². The quantitative estimate of drug-likeness (QED) is 0.604. The highest BCUT2D eigenvalue weighted by Gasteiger charge is 2.01. The monoisotopic (exact) mass is 188 g/mol. The van der Waals surface area contributed by atoms with Crippen molar-refractivity contribution >= 4 is 0 Å². The molecule has 1 unspecified atom stereocenters. The molecule has 0 bridgehead atoms. The minimum absolute atomic E-state index is 0.245. The van der Waals surface area contributed by atoms with Crippen LogP contribution in [0.4, 0.5) is 0 Å². The van der Waals surface area contributed by atoms with Crippen molar-refractivity contribution in [3.63, 3.8) is 0 Å². The molecule has 0 saturated heterocycles. The summed E-state index contributed by atoms with van der Waals surface area (Å²) in [7, 11) is 2.07. The fourth-order valence-electron chi connectivity index (χ4n) is 1.12. The predicted molar refractivity (Wildman–Crippen MR) is 56.8 cm³/mol. The van der Waals surface area contributed by atoms with Crippen LogP contribution in [0.5, 0.6) is 0 Å². The Morgan fingerprint density at radius 2 is 1.92 bits per heavy atom. The molecule has 1 atom stereocenters. The number of nitrogens with two attached hydrogens (primary N) is 1. The van der Waals surface area contributed by atoms with Gasteiger partial charge in [-0.2, -0.15) is 0 Å². The van der Waals surface area contributed by atoms with Gasteiger partial charge in [-0.15, -0.1) is 0 Å². The van der Waals surface area contributed by atoms with E-state index in [4.69, 9.17) is 10.5 Å². The lowest BCUT2D eigenvalue weighted by molar-refractivity contribution is 0.0907. The lowest BCUT2D eigenvalue weighted by Gasteiger charge is -2.18. The molecule has 0 saturated carbocycles. The van der Waals surface area contributed by atoms with E-state index in [0.717, 1.165) is 26.3 Å². The zero-order chi connectivity index (χ0) is 10.3. The van der Waals surface area contributed by atoms with Crippen molar-refractivity contribution in [1.82, 2.24) is 4.90 Å². The van der Waals surface area contributed by atoms with Crippen molar-refractivity contribution in [2.24, 2.45) is 11.7 Å². The topological polar surface area (TPSA) is 38.5 Å². The number of likely N-dealkylation sites (N-methyl/N-ethyl adjacent to an activating group) is 1. The van der Waals surface area contributed by atoms with E-state index in [2.05, 4.69) is 25.8 Å². The molecule has 0 aliphatic carbocycles. The zero-order valence-electron chi connectivity index (χ0n) is 9.42. The van der Waals surface area contributed by atoms with E-state index in [9.17, 15) is 0 Å². The molecule has 0 spiro atoms. The lowest BCUT2D eigenvalue weighted by atomic mass is 10.2. The van der Waals surface area contributed by atoms with Crippen LogP contribution in [0.2, 0.25) is 0 Å². The van der Waals surface area contributed by atoms with Gasteiger partial charge in [-0.25, -0.2) is 0 Å². The van der Waals surface area contributed by atoms with E-state index >= 15 is 0 Å². The number of ether oxygens (including phenoxy) is 1.